The zero-order chi connectivity index (χ0) is 18.1. The van der Waals surface area contributed by atoms with E-state index in [9.17, 15) is 9.59 Å². The summed E-state index contributed by atoms with van der Waals surface area (Å²) in [7, 11) is 0. The molecule has 3 aliphatic rings. The first-order valence-corrected chi connectivity index (χ1v) is 10.5. The number of carbonyl (C=O) groups excluding carboxylic acids is 2. The average molecular weight is 388 g/mol. The van der Waals surface area contributed by atoms with Gasteiger partial charge in [0.1, 0.15) is 5.03 Å². The van der Waals surface area contributed by atoms with E-state index >= 15 is 0 Å². The van der Waals surface area contributed by atoms with Crippen molar-refractivity contribution >= 4 is 35.0 Å². The summed E-state index contributed by atoms with van der Waals surface area (Å²) < 4.78 is 4.29. The number of benzene rings is 1. The second-order valence-electron chi connectivity index (χ2n) is 6.92. The Morgan fingerprint density at radius 1 is 1.23 bits per heavy atom. The van der Waals surface area contributed by atoms with E-state index in [1.807, 2.05) is 30.3 Å². The maximum atomic E-state index is 12.5. The Kier molecular flexibility index (Phi) is 5.11. The van der Waals surface area contributed by atoms with Crippen LogP contribution in [0.2, 0.25) is 0 Å². The summed E-state index contributed by atoms with van der Waals surface area (Å²) in [6, 6.07) is 9.38. The number of hydrogen-bond donors (Lipinski definition) is 1. The number of fused-ring (bicyclic) bond motifs is 3. The van der Waals surface area contributed by atoms with Gasteiger partial charge in [0.05, 0.1) is 11.0 Å². The zero-order valence-corrected chi connectivity index (χ0v) is 16.2. The largest absolute Gasteiger partial charge is 0.336 e. The quantitative estimate of drug-likeness (QED) is 0.793. The summed E-state index contributed by atoms with van der Waals surface area (Å²) in [5.74, 6) is 0.794. The van der Waals surface area contributed by atoms with Gasteiger partial charge in [-0.05, 0) is 67.0 Å². The van der Waals surface area contributed by atoms with Gasteiger partial charge >= 0.3 is 0 Å². The topological polar surface area (TPSA) is 62.3 Å². The number of amides is 1. The van der Waals surface area contributed by atoms with E-state index in [4.69, 9.17) is 0 Å². The van der Waals surface area contributed by atoms with Crippen molar-refractivity contribution in [3.63, 3.8) is 0 Å². The first-order valence-electron chi connectivity index (χ1n) is 8.89. The van der Waals surface area contributed by atoms with Crippen molar-refractivity contribution in [2.45, 2.75) is 42.3 Å². The molecule has 2 bridgehead atoms. The molecule has 1 aromatic carbocycles. The Hall–Kier alpha value is -1.70. The standard InChI is InChI=1S/C19H21N3O2S2/c1-12(23)16-11-18(21-26-16)25-15-4-2-14(3-5-15)19(24)20-17-10-13-6-8-22(17)9-7-13/h2-5,11,13,17H,6-10H2,1H3,(H,20,24). The van der Waals surface area contributed by atoms with Crippen LogP contribution in [0.4, 0.5) is 0 Å². The van der Waals surface area contributed by atoms with Gasteiger partial charge in [-0.15, -0.1) is 0 Å². The predicted octanol–water partition coefficient (Wildman–Crippen LogP) is 3.67. The van der Waals surface area contributed by atoms with E-state index in [2.05, 4.69) is 14.6 Å². The average Bonchev–Trinajstić information content (AvgIpc) is 3.12. The van der Waals surface area contributed by atoms with E-state index < -0.39 is 0 Å². The van der Waals surface area contributed by atoms with Gasteiger partial charge in [0.15, 0.2) is 5.78 Å². The van der Waals surface area contributed by atoms with Crippen molar-refractivity contribution < 1.29 is 9.59 Å². The van der Waals surface area contributed by atoms with E-state index in [-0.39, 0.29) is 17.9 Å². The lowest BCUT2D eigenvalue weighted by Crippen LogP contribution is -2.56. The highest BCUT2D eigenvalue weighted by Crippen LogP contribution is 2.31. The third-order valence-corrected chi connectivity index (χ3v) is 7.05. The van der Waals surface area contributed by atoms with Crippen LogP contribution in [0.5, 0.6) is 0 Å². The van der Waals surface area contributed by atoms with E-state index in [0.29, 0.717) is 10.4 Å². The van der Waals surface area contributed by atoms with Gasteiger partial charge in [-0.3, -0.25) is 14.5 Å². The van der Waals surface area contributed by atoms with Crippen LogP contribution in [0.15, 0.2) is 40.3 Å². The molecule has 26 heavy (non-hydrogen) atoms. The molecule has 0 radical (unpaired) electrons. The molecule has 136 valence electrons. The van der Waals surface area contributed by atoms with Crippen LogP contribution >= 0.6 is 23.3 Å². The molecule has 1 N–H and O–H groups in total. The lowest BCUT2D eigenvalue weighted by molar-refractivity contribution is 0.0295. The number of aromatic nitrogens is 1. The number of Topliss-reactive ketones (excluding diaryl/α,β-unsaturated/α-hetero) is 1. The molecule has 0 aliphatic carbocycles. The molecule has 1 aromatic heterocycles. The summed E-state index contributed by atoms with van der Waals surface area (Å²) in [5, 5.41) is 3.99. The molecule has 1 unspecified atom stereocenters. The third-order valence-electron chi connectivity index (χ3n) is 5.12. The lowest BCUT2D eigenvalue weighted by atomic mass is 9.86. The van der Waals surface area contributed by atoms with Crippen LogP contribution < -0.4 is 5.32 Å². The Morgan fingerprint density at radius 2 is 1.96 bits per heavy atom. The molecule has 3 fully saturated rings. The molecule has 0 saturated carbocycles. The first-order chi connectivity index (χ1) is 12.6. The van der Waals surface area contributed by atoms with Gasteiger partial charge in [0.25, 0.3) is 5.91 Å². The number of nitrogens with one attached hydrogen (secondary N) is 1. The normalized spacial score (nSPS) is 24.4. The van der Waals surface area contributed by atoms with Gasteiger partial charge in [0.2, 0.25) is 0 Å². The van der Waals surface area contributed by atoms with Gasteiger partial charge < -0.3 is 5.32 Å². The minimum absolute atomic E-state index is 0.00776. The highest BCUT2D eigenvalue weighted by atomic mass is 32.2. The molecule has 2 aromatic rings. The maximum absolute atomic E-state index is 12.5. The summed E-state index contributed by atoms with van der Waals surface area (Å²) >= 11 is 2.72. The lowest BCUT2D eigenvalue weighted by Gasteiger charge is -2.45. The smallest absolute Gasteiger partial charge is 0.252 e. The van der Waals surface area contributed by atoms with Crippen LogP contribution in [0.3, 0.4) is 0 Å². The van der Waals surface area contributed by atoms with E-state index in [1.54, 1.807) is 6.92 Å². The second-order valence-corrected chi connectivity index (χ2v) is 8.82. The molecule has 3 aliphatic heterocycles. The molecule has 5 nitrogen and oxygen atoms in total. The third kappa shape index (κ3) is 3.84. The van der Waals surface area contributed by atoms with Crippen LogP contribution in [0.25, 0.3) is 0 Å². The zero-order valence-electron chi connectivity index (χ0n) is 14.6. The highest BCUT2D eigenvalue weighted by Gasteiger charge is 2.34. The molecule has 3 saturated heterocycles. The van der Waals surface area contributed by atoms with Crippen molar-refractivity contribution in [3.05, 3.63) is 40.8 Å². The molecule has 1 atom stereocenters. The summed E-state index contributed by atoms with van der Waals surface area (Å²) in [6.07, 6.45) is 3.78. The number of carbonyl (C=O) groups is 2. The first kappa shape index (κ1) is 17.7. The number of piperidine rings is 3. The van der Waals surface area contributed by atoms with Crippen LogP contribution in [0, 0.1) is 5.92 Å². The molecule has 4 heterocycles. The van der Waals surface area contributed by atoms with Gasteiger partial charge in [0, 0.05) is 30.5 Å². The van der Waals surface area contributed by atoms with Crippen molar-refractivity contribution in [2.75, 3.05) is 13.1 Å². The summed E-state index contributed by atoms with van der Waals surface area (Å²) in [4.78, 5) is 28.0. The fraction of sp³-hybridized carbons (Fsp3) is 0.421. The Bertz CT molecular complexity index is 810. The molecular weight excluding hydrogens is 366 g/mol. The van der Waals surface area contributed by atoms with Crippen LogP contribution in [0.1, 0.15) is 46.2 Å². The van der Waals surface area contributed by atoms with Crippen LogP contribution in [-0.4, -0.2) is 40.2 Å². The molecule has 0 spiro atoms. The fourth-order valence-electron chi connectivity index (χ4n) is 3.62. The maximum Gasteiger partial charge on any atom is 0.252 e. The fourth-order valence-corrected chi connectivity index (χ4v) is 5.18. The predicted molar refractivity (Wildman–Crippen MR) is 103 cm³/mol. The van der Waals surface area contributed by atoms with Gasteiger partial charge in [-0.1, -0.05) is 11.8 Å². The SMILES string of the molecule is CC(=O)c1cc(Sc2ccc(C(=O)NC3CC4CCN3CC4)cc2)ns1. The number of nitrogens with zero attached hydrogens (tertiary/aromatic N) is 2. The number of ketones is 1. The van der Waals surface area contributed by atoms with E-state index in [0.717, 1.165) is 35.3 Å². The minimum atomic E-state index is -0.00776. The highest BCUT2D eigenvalue weighted by molar-refractivity contribution is 7.99. The van der Waals surface area contributed by atoms with Crippen molar-refractivity contribution in [1.29, 1.82) is 0 Å². The number of hydrogen-bond acceptors (Lipinski definition) is 6. The van der Waals surface area contributed by atoms with E-state index in [1.165, 1.54) is 36.1 Å². The Morgan fingerprint density at radius 3 is 2.54 bits per heavy atom. The molecule has 7 heteroatoms. The number of rotatable bonds is 5. The second kappa shape index (κ2) is 7.50. The Balaban J connectivity index is 1.37. The van der Waals surface area contributed by atoms with Crippen LogP contribution in [-0.2, 0) is 0 Å². The van der Waals surface area contributed by atoms with Crippen molar-refractivity contribution in [3.8, 4) is 0 Å². The molecule has 1 amide bonds. The Labute approximate surface area is 161 Å². The van der Waals surface area contributed by atoms with Gasteiger partial charge in [-0.25, -0.2) is 0 Å². The molecular formula is C19H21N3O2S2. The van der Waals surface area contributed by atoms with Crippen molar-refractivity contribution in [2.24, 2.45) is 5.92 Å². The molecule has 5 rings (SSSR count). The van der Waals surface area contributed by atoms with Gasteiger partial charge in [-0.2, -0.15) is 4.37 Å². The monoisotopic (exact) mass is 387 g/mol. The minimum Gasteiger partial charge on any atom is -0.336 e. The van der Waals surface area contributed by atoms with Crippen molar-refractivity contribution in [1.82, 2.24) is 14.6 Å². The summed E-state index contributed by atoms with van der Waals surface area (Å²) in [5.41, 5.74) is 0.680. The summed E-state index contributed by atoms with van der Waals surface area (Å²) in [6.45, 7) is 3.74.